The number of thioether (sulfide) groups is 1. The second-order valence-electron chi connectivity index (χ2n) is 5.71. The lowest BCUT2D eigenvalue weighted by Crippen LogP contribution is -2.22. The monoisotopic (exact) mass is 355 g/mol. The third kappa shape index (κ3) is 5.09. The highest BCUT2D eigenvalue weighted by Crippen LogP contribution is 2.37. The first kappa shape index (κ1) is 18.5. The maximum atomic E-state index is 12.9. The second kappa shape index (κ2) is 7.38. The maximum absolute atomic E-state index is 12.9. The number of nitrogens with one attached hydrogen (secondary N) is 1. The zero-order valence-corrected chi connectivity index (χ0v) is 13.8. The van der Waals surface area contributed by atoms with Gasteiger partial charge in [0.05, 0.1) is 10.3 Å². The molecule has 0 aliphatic rings. The fraction of sp³-hybridized carbons (Fsp3) is 0.278. The number of halogens is 4. The molecule has 1 nitrogen and oxygen atoms in total. The Labute approximate surface area is 142 Å². The van der Waals surface area contributed by atoms with Gasteiger partial charge in [-0.25, -0.2) is 4.39 Å². The van der Waals surface area contributed by atoms with Crippen LogP contribution in [0.25, 0.3) is 0 Å². The normalized spacial score (nSPS) is 14.2. The quantitative estimate of drug-likeness (QED) is 0.385. The lowest BCUT2D eigenvalue weighted by atomic mass is 10.0. The minimum atomic E-state index is -4.35. The van der Waals surface area contributed by atoms with Crippen LogP contribution in [0.4, 0.5) is 17.6 Å². The molecule has 0 amide bonds. The van der Waals surface area contributed by atoms with Crippen molar-refractivity contribution in [2.45, 2.75) is 35.6 Å². The van der Waals surface area contributed by atoms with Crippen LogP contribution in [0.1, 0.15) is 24.5 Å². The highest BCUT2D eigenvalue weighted by molar-refractivity contribution is 8.01. The van der Waals surface area contributed by atoms with Crippen LogP contribution in [0.15, 0.2) is 53.4 Å². The van der Waals surface area contributed by atoms with Crippen molar-refractivity contribution in [3.8, 4) is 0 Å². The summed E-state index contributed by atoms with van der Waals surface area (Å²) in [4.78, 5) is 0.674. The van der Waals surface area contributed by atoms with Gasteiger partial charge in [0.1, 0.15) is 5.82 Å². The Morgan fingerprint density at radius 2 is 1.58 bits per heavy atom. The first-order chi connectivity index (χ1) is 11.2. The molecule has 2 aromatic carbocycles. The Hall–Kier alpha value is -1.82. The predicted molar refractivity (Wildman–Crippen MR) is 89.2 cm³/mol. The third-order valence-corrected chi connectivity index (χ3v) is 4.96. The van der Waals surface area contributed by atoms with E-state index in [0.29, 0.717) is 17.7 Å². The van der Waals surface area contributed by atoms with Gasteiger partial charge in [0.2, 0.25) is 0 Å². The summed E-state index contributed by atoms with van der Waals surface area (Å²) >= 11 is 1.35. The van der Waals surface area contributed by atoms with Gasteiger partial charge in [0.15, 0.2) is 0 Å². The number of hydrogen-bond acceptors (Lipinski definition) is 2. The highest BCUT2D eigenvalue weighted by atomic mass is 32.2. The summed E-state index contributed by atoms with van der Waals surface area (Å²) in [6, 6.07) is 11.1. The predicted octanol–water partition coefficient (Wildman–Crippen LogP) is 5.98. The molecule has 24 heavy (non-hydrogen) atoms. The van der Waals surface area contributed by atoms with Crippen LogP contribution in [0.2, 0.25) is 0 Å². The van der Waals surface area contributed by atoms with Gasteiger partial charge in [-0.3, -0.25) is 0 Å². The summed E-state index contributed by atoms with van der Waals surface area (Å²) in [5.74, 6) is -0.298. The molecule has 0 fully saturated rings. The molecule has 0 aromatic heterocycles. The van der Waals surface area contributed by atoms with Crippen LogP contribution in [-0.4, -0.2) is 11.0 Å². The Kier molecular flexibility index (Phi) is 5.70. The van der Waals surface area contributed by atoms with Gasteiger partial charge in [-0.2, -0.15) is 13.2 Å². The lowest BCUT2D eigenvalue weighted by molar-refractivity contribution is -0.137. The molecule has 1 N–H and O–H groups in total. The Balaban J connectivity index is 2.04. The molecule has 6 heteroatoms. The summed E-state index contributed by atoms with van der Waals surface area (Å²) in [6.45, 7) is 1.87. The molecule has 1 unspecified atom stereocenters. The molecule has 1 atom stereocenters. The molecule has 0 spiro atoms. The molecule has 0 heterocycles. The van der Waals surface area contributed by atoms with Crippen molar-refractivity contribution < 1.29 is 17.6 Å². The molecule has 0 saturated heterocycles. The van der Waals surface area contributed by atoms with Crippen molar-refractivity contribution in [3.63, 3.8) is 0 Å². The van der Waals surface area contributed by atoms with Crippen LogP contribution in [0, 0.1) is 11.2 Å². The number of benzene rings is 2. The average Bonchev–Trinajstić information content (AvgIpc) is 2.54. The molecular formula is C18H17F4NS. The summed E-state index contributed by atoms with van der Waals surface area (Å²) in [5, 5.41) is 7.66. The van der Waals surface area contributed by atoms with Gasteiger partial charge in [-0.15, -0.1) is 11.8 Å². The van der Waals surface area contributed by atoms with Crippen molar-refractivity contribution in [2.24, 2.45) is 0 Å². The van der Waals surface area contributed by atoms with Crippen molar-refractivity contribution in [2.75, 3.05) is 0 Å². The van der Waals surface area contributed by atoms with E-state index in [-0.39, 0.29) is 5.82 Å². The number of aryl methyl sites for hydroxylation is 1. The zero-order valence-electron chi connectivity index (χ0n) is 13.0. The highest BCUT2D eigenvalue weighted by Gasteiger charge is 2.30. The third-order valence-electron chi connectivity index (χ3n) is 3.66. The first-order valence-electron chi connectivity index (χ1n) is 7.34. The summed E-state index contributed by atoms with van der Waals surface area (Å²) < 4.78 is 50.1. The van der Waals surface area contributed by atoms with Crippen molar-refractivity contribution in [1.29, 1.82) is 5.41 Å². The molecular weight excluding hydrogens is 338 g/mol. The van der Waals surface area contributed by atoms with Crippen LogP contribution in [0.5, 0.6) is 0 Å². The van der Waals surface area contributed by atoms with Crippen LogP contribution in [-0.2, 0) is 12.6 Å². The first-order valence-corrected chi connectivity index (χ1v) is 8.16. The van der Waals surface area contributed by atoms with Crippen LogP contribution in [0.3, 0.4) is 0 Å². The molecule has 0 saturated carbocycles. The van der Waals surface area contributed by atoms with Gasteiger partial charge >= 0.3 is 6.18 Å². The topological polar surface area (TPSA) is 23.9 Å². The molecule has 2 aromatic rings. The molecule has 0 aliphatic heterocycles. The largest absolute Gasteiger partial charge is 0.416 e. The molecule has 0 aliphatic carbocycles. The van der Waals surface area contributed by atoms with Gasteiger partial charge in [0.25, 0.3) is 0 Å². The van der Waals surface area contributed by atoms with E-state index in [1.165, 1.54) is 42.2 Å². The fourth-order valence-electron chi connectivity index (χ4n) is 2.18. The smallest absolute Gasteiger partial charge is 0.312 e. The van der Waals surface area contributed by atoms with Gasteiger partial charge < -0.3 is 5.41 Å². The second-order valence-corrected chi connectivity index (χ2v) is 7.32. The van der Waals surface area contributed by atoms with Gasteiger partial charge in [0, 0.05) is 11.1 Å². The SMILES string of the molecule is CC(C=N)(CCc1ccc(F)cc1)Sc1ccc(C(F)(F)F)cc1. The van der Waals surface area contributed by atoms with Gasteiger partial charge in [-0.05, 0) is 61.7 Å². The molecule has 128 valence electrons. The van der Waals surface area contributed by atoms with E-state index in [1.54, 1.807) is 12.1 Å². The van der Waals surface area contributed by atoms with E-state index >= 15 is 0 Å². The van der Waals surface area contributed by atoms with Crippen LogP contribution < -0.4 is 0 Å². The standard InChI is InChI=1S/C18H17F4NS/c1-17(12-23,11-10-13-2-6-15(19)7-3-13)24-16-8-4-14(5-9-16)18(20,21)22/h2-9,12,23H,10-11H2,1H3. The average molecular weight is 355 g/mol. The number of alkyl halides is 3. The molecule has 0 radical (unpaired) electrons. The summed E-state index contributed by atoms with van der Waals surface area (Å²) in [5.41, 5.74) is 0.271. The minimum Gasteiger partial charge on any atom is -0.312 e. The van der Waals surface area contributed by atoms with Crippen LogP contribution >= 0.6 is 11.8 Å². The van der Waals surface area contributed by atoms with E-state index < -0.39 is 16.5 Å². The van der Waals surface area contributed by atoms with E-state index in [0.717, 1.165) is 17.7 Å². The van der Waals surface area contributed by atoms with Gasteiger partial charge in [-0.1, -0.05) is 12.1 Å². The maximum Gasteiger partial charge on any atom is 0.416 e. The summed E-state index contributed by atoms with van der Waals surface area (Å²) in [7, 11) is 0. The Morgan fingerprint density at radius 3 is 2.08 bits per heavy atom. The van der Waals surface area contributed by atoms with E-state index in [2.05, 4.69) is 0 Å². The van der Waals surface area contributed by atoms with Crippen molar-refractivity contribution in [1.82, 2.24) is 0 Å². The molecule has 0 bridgehead atoms. The Bertz CT molecular complexity index is 680. The van der Waals surface area contributed by atoms with E-state index in [9.17, 15) is 17.6 Å². The lowest BCUT2D eigenvalue weighted by Gasteiger charge is -2.24. The number of rotatable bonds is 6. The van der Waals surface area contributed by atoms with E-state index in [4.69, 9.17) is 5.41 Å². The summed E-state index contributed by atoms with van der Waals surface area (Å²) in [6.07, 6.45) is -1.77. The fourth-order valence-corrected chi connectivity index (χ4v) is 3.25. The van der Waals surface area contributed by atoms with Crippen molar-refractivity contribution in [3.05, 3.63) is 65.5 Å². The van der Waals surface area contributed by atoms with E-state index in [1.807, 2.05) is 6.92 Å². The minimum absolute atomic E-state index is 0.298. The zero-order chi connectivity index (χ0) is 17.8. The molecule has 2 rings (SSSR count). The number of hydrogen-bond donors (Lipinski definition) is 1. The van der Waals surface area contributed by atoms with Crippen molar-refractivity contribution >= 4 is 18.0 Å². The Morgan fingerprint density at radius 1 is 1.00 bits per heavy atom.